The van der Waals surface area contributed by atoms with Gasteiger partial charge in [-0.1, -0.05) is 11.8 Å². The number of halogens is 1. The van der Waals surface area contributed by atoms with Gasteiger partial charge in [0.1, 0.15) is 5.82 Å². The second-order valence-corrected chi connectivity index (χ2v) is 7.75. The van der Waals surface area contributed by atoms with E-state index in [2.05, 4.69) is 48.2 Å². The SMILES string of the molecule is Cc1cc(C#Cc2ccc(-c3nccn3C(C)(C)C)s2)ccc1F. The predicted molar refractivity (Wildman–Crippen MR) is 97.7 cm³/mol. The Hall–Kier alpha value is -2.38. The van der Waals surface area contributed by atoms with Crippen LogP contribution in [0, 0.1) is 24.6 Å². The second kappa shape index (κ2) is 6.26. The van der Waals surface area contributed by atoms with E-state index >= 15 is 0 Å². The molecule has 122 valence electrons. The zero-order valence-corrected chi connectivity index (χ0v) is 15.0. The topological polar surface area (TPSA) is 17.8 Å². The molecule has 0 radical (unpaired) electrons. The average molecular weight is 338 g/mol. The van der Waals surface area contributed by atoms with Crippen molar-refractivity contribution < 1.29 is 4.39 Å². The number of nitrogens with zero attached hydrogens (tertiary/aromatic N) is 2. The van der Waals surface area contributed by atoms with Crippen LogP contribution in [0.2, 0.25) is 0 Å². The van der Waals surface area contributed by atoms with Gasteiger partial charge in [-0.05, 0) is 63.6 Å². The lowest BCUT2D eigenvalue weighted by molar-refractivity contribution is 0.401. The van der Waals surface area contributed by atoms with Crippen LogP contribution in [-0.2, 0) is 5.54 Å². The summed E-state index contributed by atoms with van der Waals surface area (Å²) in [5.74, 6) is 7.01. The van der Waals surface area contributed by atoms with Gasteiger partial charge in [-0.15, -0.1) is 11.3 Å². The lowest BCUT2D eigenvalue weighted by Gasteiger charge is -2.22. The van der Waals surface area contributed by atoms with Crippen molar-refractivity contribution in [2.45, 2.75) is 33.2 Å². The monoisotopic (exact) mass is 338 g/mol. The Kier molecular flexibility index (Phi) is 4.29. The van der Waals surface area contributed by atoms with E-state index in [4.69, 9.17) is 0 Å². The third-order valence-corrected chi connectivity index (χ3v) is 4.67. The highest BCUT2D eigenvalue weighted by Crippen LogP contribution is 2.30. The van der Waals surface area contributed by atoms with Crippen molar-refractivity contribution in [2.75, 3.05) is 0 Å². The Balaban J connectivity index is 1.89. The number of hydrogen-bond donors (Lipinski definition) is 0. The van der Waals surface area contributed by atoms with Crippen molar-refractivity contribution in [3.05, 3.63) is 64.5 Å². The van der Waals surface area contributed by atoms with Gasteiger partial charge in [0, 0.05) is 23.5 Å². The minimum absolute atomic E-state index is 0.0205. The number of benzene rings is 1. The summed E-state index contributed by atoms with van der Waals surface area (Å²) < 4.78 is 15.5. The van der Waals surface area contributed by atoms with Crippen LogP contribution in [-0.4, -0.2) is 9.55 Å². The number of thiophene rings is 1. The van der Waals surface area contributed by atoms with Crippen molar-refractivity contribution in [3.8, 4) is 22.5 Å². The molecule has 0 atom stereocenters. The summed E-state index contributed by atoms with van der Waals surface area (Å²) in [4.78, 5) is 6.55. The summed E-state index contributed by atoms with van der Waals surface area (Å²) in [6.07, 6.45) is 3.83. The van der Waals surface area contributed by atoms with Crippen molar-refractivity contribution in [3.63, 3.8) is 0 Å². The van der Waals surface area contributed by atoms with Crippen LogP contribution < -0.4 is 0 Å². The molecule has 0 bridgehead atoms. The van der Waals surface area contributed by atoms with E-state index in [1.54, 1.807) is 30.4 Å². The molecule has 2 nitrogen and oxygen atoms in total. The Morgan fingerprint density at radius 2 is 1.92 bits per heavy atom. The van der Waals surface area contributed by atoms with E-state index in [1.807, 2.05) is 18.5 Å². The van der Waals surface area contributed by atoms with Crippen LogP contribution in [0.15, 0.2) is 42.7 Å². The van der Waals surface area contributed by atoms with Crippen molar-refractivity contribution in [1.82, 2.24) is 9.55 Å². The summed E-state index contributed by atoms with van der Waals surface area (Å²) in [5, 5.41) is 0. The summed E-state index contributed by atoms with van der Waals surface area (Å²) in [7, 11) is 0. The molecule has 0 unspecified atom stereocenters. The maximum absolute atomic E-state index is 13.3. The van der Waals surface area contributed by atoms with E-state index in [-0.39, 0.29) is 11.4 Å². The molecule has 0 amide bonds. The van der Waals surface area contributed by atoms with Gasteiger partial charge in [-0.25, -0.2) is 9.37 Å². The molecule has 3 aromatic rings. The van der Waals surface area contributed by atoms with E-state index in [1.165, 1.54) is 6.07 Å². The first-order valence-corrected chi connectivity index (χ1v) is 8.58. The fraction of sp³-hybridized carbons (Fsp3) is 0.250. The minimum atomic E-state index is -0.201. The second-order valence-electron chi connectivity index (χ2n) is 6.67. The van der Waals surface area contributed by atoms with E-state index in [9.17, 15) is 4.39 Å². The molecule has 0 aliphatic carbocycles. The summed E-state index contributed by atoms with van der Waals surface area (Å²) >= 11 is 1.62. The number of hydrogen-bond acceptors (Lipinski definition) is 2. The molecule has 4 heteroatoms. The van der Waals surface area contributed by atoms with Gasteiger partial charge in [0.25, 0.3) is 0 Å². The molecule has 0 N–H and O–H groups in total. The summed E-state index contributed by atoms with van der Waals surface area (Å²) in [6.45, 7) is 8.21. The summed E-state index contributed by atoms with van der Waals surface area (Å²) in [6, 6.07) is 8.99. The van der Waals surface area contributed by atoms with Crippen LogP contribution in [0.1, 0.15) is 36.8 Å². The van der Waals surface area contributed by atoms with E-state index in [0.717, 1.165) is 21.1 Å². The van der Waals surface area contributed by atoms with Gasteiger partial charge < -0.3 is 4.57 Å². The maximum Gasteiger partial charge on any atom is 0.150 e. The molecule has 24 heavy (non-hydrogen) atoms. The predicted octanol–water partition coefficient (Wildman–Crippen LogP) is 5.21. The maximum atomic E-state index is 13.3. The Morgan fingerprint density at radius 3 is 2.62 bits per heavy atom. The zero-order chi connectivity index (χ0) is 17.3. The lowest BCUT2D eigenvalue weighted by atomic mass is 10.1. The molecule has 0 saturated carbocycles. The third-order valence-electron chi connectivity index (χ3n) is 3.68. The minimum Gasteiger partial charge on any atom is -0.325 e. The van der Waals surface area contributed by atoms with Crippen molar-refractivity contribution >= 4 is 11.3 Å². The quantitative estimate of drug-likeness (QED) is 0.557. The number of aryl methyl sites for hydroxylation is 1. The number of rotatable bonds is 1. The van der Waals surface area contributed by atoms with Gasteiger partial charge in [-0.2, -0.15) is 0 Å². The molecule has 0 aliphatic heterocycles. The molecule has 0 aliphatic rings. The molecule has 2 heterocycles. The highest BCUT2D eigenvalue weighted by molar-refractivity contribution is 7.15. The van der Waals surface area contributed by atoms with Gasteiger partial charge in [0.05, 0.1) is 9.75 Å². The third kappa shape index (κ3) is 3.42. The number of aromatic nitrogens is 2. The van der Waals surface area contributed by atoms with Gasteiger partial charge in [0.2, 0.25) is 0 Å². The average Bonchev–Trinajstić information content (AvgIpc) is 3.15. The first-order chi connectivity index (χ1) is 11.3. The first-order valence-electron chi connectivity index (χ1n) is 7.77. The van der Waals surface area contributed by atoms with Gasteiger partial charge >= 0.3 is 0 Å². The van der Waals surface area contributed by atoms with Crippen LogP contribution in [0.3, 0.4) is 0 Å². The molecule has 1 aromatic carbocycles. The molecule has 2 aromatic heterocycles. The largest absolute Gasteiger partial charge is 0.325 e. The summed E-state index contributed by atoms with van der Waals surface area (Å²) in [5.41, 5.74) is 1.41. The normalized spacial score (nSPS) is 11.2. The first kappa shape index (κ1) is 16.5. The fourth-order valence-corrected chi connectivity index (χ4v) is 3.26. The molecular weight excluding hydrogens is 319 g/mol. The van der Waals surface area contributed by atoms with Crippen LogP contribution in [0.5, 0.6) is 0 Å². The smallest absolute Gasteiger partial charge is 0.150 e. The van der Waals surface area contributed by atoms with Crippen molar-refractivity contribution in [1.29, 1.82) is 0 Å². The highest BCUT2D eigenvalue weighted by Gasteiger charge is 2.18. The standard InChI is InChI=1S/C20H19FN2S/c1-14-13-15(6-9-17(14)21)5-7-16-8-10-18(24-16)19-22-11-12-23(19)20(2,3)4/h6,8-13H,1-4H3. The Labute approximate surface area is 146 Å². The molecule has 0 saturated heterocycles. The molecule has 3 rings (SSSR count). The van der Waals surface area contributed by atoms with Crippen LogP contribution in [0.25, 0.3) is 10.7 Å². The van der Waals surface area contributed by atoms with E-state index in [0.29, 0.717) is 5.56 Å². The Morgan fingerprint density at radius 1 is 1.12 bits per heavy atom. The van der Waals surface area contributed by atoms with Gasteiger partial charge in [0.15, 0.2) is 5.82 Å². The molecule has 0 fully saturated rings. The highest BCUT2D eigenvalue weighted by atomic mass is 32.1. The molecular formula is C20H19FN2S. The fourth-order valence-electron chi connectivity index (χ4n) is 2.41. The van der Waals surface area contributed by atoms with Crippen LogP contribution >= 0.6 is 11.3 Å². The Bertz CT molecular complexity index is 932. The lowest BCUT2D eigenvalue weighted by Crippen LogP contribution is -2.21. The van der Waals surface area contributed by atoms with Crippen LogP contribution in [0.4, 0.5) is 4.39 Å². The van der Waals surface area contributed by atoms with Crippen molar-refractivity contribution in [2.24, 2.45) is 0 Å². The van der Waals surface area contributed by atoms with Gasteiger partial charge in [-0.3, -0.25) is 0 Å². The number of imidazole rings is 1. The molecule has 0 spiro atoms. The van der Waals surface area contributed by atoms with E-state index < -0.39 is 0 Å². The zero-order valence-electron chi connectivity index (χ0n) is 14.2.